The molecule has 1 nitrogen and oxygen atoms in total. The Balaban J connectivity index is 2.00. The molecule has 2 aromatic rings. The highest BCUT2D eigenvalue weighted by Crippen LogP contribution is 2.33. The van der Waals surface area contributed by atoms with Crippen molar-refractivity contribution in [3.8, 4) is 11.1 Å². The summed E-state index contributed by atoms with van der Waals surface area (Å²) in [5.74, 6) is 0.702. The highest BCUT2D eigenvalue weighted by molar-refractivity contribution is 5.68. The summed E-state index contributed by atoms with van der Waals surface area (Å²) < 4.78 is 0. The Morgan fingerprint density at radius 1 is 1.00 bits per heavy atom. The Morgan fingerprint density at radius 2 is 1.79 bits per heavy atom. The molecule has 0 amide bonds. The third kappa shape index (κ3) is 2.43. The van der Waals surface area contributed by atoms with Gasteiger partial charge in [-0.25, -0.2) is 0 Å². The fourth-order valence-corrected chi connectivity index (χ4v) is 3.22. The van der Waals surface area contributed by atoms with Gasteiger partial charge in [-0.15, -0.1) is 0 Å². The molecule has 0 aliphatic carbocycles. The molecule has 0 radical (unpaired) electrons. The standard InChI is InChI=1S/C18H21N/c1-14-17(15-7-4-3-5-8-15)9-6-10-18(14)16-11-12-19(2)13-16/h3-10,16H,11-13H2,1-2H3/t16-/m1/s1. The van der Waals surface area contributed by atoms with Crippen molar-refractivity contribution < 1.29 is 0 Å². The molecule has 19 heavy (non-hydrogen) atoms. The van der Waals surface area contributed by atoms with E-state index in [-0.39, 0.29) is 0 Å². The van der Waals surface area contributed by atoms with Gasteiger partial charge in [0.05, 0.1) is 0 Å². The first-order valence-corrected chi connectivity index (χ1v) is 7.09. The summed E-state index contributed by atoms with van der Waals surface area (Å²) in [7, 11) is 2.22. The van der Waals surface area contributed by atoms with Gasteiger partial charge in [-0.05, 0) is 55.1 Å². The van der Waals surface area contributed by atoms with Crippen molar-refractivity contribution >= 4 is 0 Å². The largest absolute Gasteiger partial charge is 0.306 e. The van der Waals surface area contributed by atoms with E-state index in [1.807, 2.05) is 0 Å². The fraction of sp³-hybridized carbons (Fsp3) is 0.333. The molecule has 1 aliphatic heterocycles. The second kappa shape index (κ2) is 5.18. The molecule has 1 heteroatoms. The van der Waals surface area contributed by atoms with E-state index in [1.54, 1.807) is 0 Å². The van der Waals surface area contributed by atoms with Gasteiger partial charge in [0.1, 0.15) is 0 Å². The first-order chi connectivity index (χ1) is 9.25. The maximum atomic E-state index is 2.43. The molecule has 0 saturated carbocycles. The lowest BCUT2D eigenvalue weighted by atomic mass is 9.89. The minimum atomic E-state index is 0.702. The molecule has 1 aliphatic rings. The van der Waals surface area contributed by atoms with Gasteiger partial charge in [-0.1, -0.05) is 48.5 Å². The number of likely N-dealkylation sites (N-methyl/N-ethyl adjacent to an activating group) is 1. The molecular weight excluding hydrogens is 230 g/mol. The summed E-state index contributed by atoms with van der Waals surface area (Å²) in [6.45, 7) is 4.69. The number of nitrogens with zero attached hydrogens (tertiary/aromatic N) is 1. The molecule has 1 saturated heterocycles. The van der Waals surface area contributed by atoms with Crippen LogP contribution in [0.15, 0.2) is 48.5 Å². The summed E-state index contributed by atoms with van der Waals surface area (Å²) in [6, 6.07) is 17.5. The molecule has 0 spiro atoms. The zero-order chi connectivity index (χ0) is 13.2. The minimum absolute atomic E-state index is 0.702. The smallest absolute Gasteiger partial charge is 0.00478 e. The van der Waals surface area contributed by atoms with Crippen LogP contribution < -0.4 is 0 Å². The minimum Gasteiger partial charge on any atom is -0.306 e. The highest BCUT2D eigenvalue weighted by atomic mass is 15.1. The average Bonchev–Trinajstić information content (AvgIpc) is 2.86. The van der Waals surface area contributed by atoms with E-state index in [1.165, 1.54) is 41.8 Å². The van der Waals surface area contributed by atoms with Crippen LogP contribution in [0.3, 0.4) is 0 Å². The predicted molar refractivity (Wildman–Crippen MR) is 81.5 cm³/mol. The Hall–Kier alpha value is -1.60. The van der Waals surface area contributed by atoms with E-state index in [4.69, 9.17) is 0 Å². The normalized spacial score (nSPS) is 19.8. The maximum absolute atomic E-state index is 2.43. The third-order valence-electron chi connectivity index (χ3n) is 4.29. The quantitative estimate of drug-likeness (QED) is 0.777. The predicted octanol–water partition coefficient (Wildman–Crippen LogP) is 4.08. The summed E-state index contributed by atoms with van der Waals surface area (Å²) in [6.07, 6.45) is 1.29. The Morgan fingerprint density at radius 3 is 2.47 bits per heavy atom. The second-order valence-electron chi connectivity index (χ2n) is 5.63. The molecule has 0 N–H and O–H groups in total. The van der Waals surface area contributed by atoms with Gasteiger partial charge in [0.15, 0.2) is 0 Å². The summed E-state index contributed by atoms with van der Waals surface area (Å²) in [4.78, 5) is 2.43. The average molecular weight is 251 g/mol. The van der Waals surface area contributed by atoms with Crippen molar-refractivity contribution in [3.05, 3.63) is 59.7 Å². The zero-order valence-electron chi connectivity index (χ0n) is 11.8. The van der Waals surface area contributed by atoms with Gasteiger partial charge < -0.3 is 4.90 Å². The van der Waals surface area contributed by atoms with Crippen LogP contribution in [-0.2, 0) is 0 Å². The summed E-state index contributed by atoms with van der Waals surface area (Å²) >= 11 is 0. The number of benzene rings is 2. The topological polar surface area (TPSA) is 3.24 Å². The van der Waals surface area contributed by atoms with Crippen LogP contribution in [0.1, 0.15) is 23.5 Å². The van der Waals surface area contributed by atoms with Crippen molar-refractivity contribution in [2.24, 2.45) is 0 Å². The van der Waals surface area contributed by atoms with E-state index in [9.17, 15) is 0 Å². The van der Waals surface area contributed by atoms with Crippen molar-refractivity contribution in [1.82, 2.24) is 4.90 Å². The molecule has 1 fully saturated rings. The molecule has 0 unspecified atom stereocenters. The number of rotatable bonds is 2. The van der Waals surface area contributed by atoms with E-state index in [0.717, 1.165) is 0 Å². The Labute approximate surface area is 115 Å². The monoisotopic (exact) mass is 251 g/mol. The number of hydrogen-bond acceptors (Lipinski definition) is 1. The molecule has 1 atom stereocenters. The van der Waals surface area contributed by atoms with Crippen LogP contribution in [0.4, 0.5) is 0 Å². The molecule has 0 aromatic heterocycles. The number of hydrogen-bond donors (Lipinski definition) is 0. The van der Waals surface area contributed by atoms with Gasteiger partial charge >= 0.3 is 0 Å². The molecule has 98 valence electrons. The Bertz CT molecular complexity index is 559. The fourth-order valence-electron chi connectivity index (χ4n) is 3.22. The van der Waals surface area contributed by atoms with E-state index >= 15 is 0 Å². The van der Waals surface area contributed by atoms with Gasteiger partial charge in [-0.2, -0.15) is 0 Å². The van der Waals surface area contributed by atoms with Crippen molar-refractivity contribution in [1.29, 1.82) is 0 Å². The number of likely N-dealkylation sites (tertiary alicyclic amines) is 1. The van der Waals surface area contributed by atoms with Crippen LogP contribution in [-0.4, -0.2) is 25.0 Å². The molecular formula is C18H21N. The summed E-state index contributed by atoms with van der Waals surface area (Å²) in [5.41, 5.74) is 5.69. The molecule has 3 rings (SSSR count). The van der Waals surface area contributed by atoms with Crippen LogP contribution in [0.25, 0.3) is 11.1 Å². The third-order valence-corrected chi connectivity index (χ3v) is 4.29. The lowest BCUT2D eigenvalue weighted by Crippen LogP contribution is -2.13. The van der Waals surface area contributed by atoms with Gasteiger partial charge in [0, 0.05) is 6.54 Å². The SMILES string of the molecule is Cc1c(-c2ccccc2)cccc1[C@@H]1CCN(C)C1. The van der Waals surface area contributed by atoms with Crippen molar-refractivity contribution in [2.75, 3.05) is 20.1 Å². The first kappa shape index (κ1) is 12.4. The van der Waals surface area contributed by atoms with E-state index < -0.39 is 0 Å². The zero-order valence-corrected chi connectivity index (χ0v) is 11.8. The first-order valence-electron chi connectivity index (χ1n) is 7.09. The van der Waals surface area contributed by atoms with Gasteiger partial charge in [0.25, 0.3) is 0 Å². The van der Waals surface area contributed by atoms with Crippen LogP contribution in [0.2, 0.25) is 0 Å². The lowest BCUT2D eigenvalue weighted by molar-refractivity contribution is 0.411. The van der Waals surface area contributed by atoms with Crippen LogP contribution in [0, 0.1) is 6.92 Å². The maximum Gasteiger partial charge on any atom is 0.00478 e. The lowest BCUT2D eigenvalue weighted by Gasteiger charge is -2.17. The second-order valence-corrected chi connectivity index (χ2v) is 5.63. The van der Waals surface area contributed by atoms with Gasteiger partial charge in [0.2, 0.25) is 0 Å². The molecule has 1 heterocycles. The van der Waals surface area contributed by atoms with Gasteiger partial charge in [-0.3, -0.25) is 0 Å². The van der Waals surface area contributed by atoms with E-state index in [2.05, 4.69) is 67.4 Å². The van der Waals surface area contributed by atoms with Crippen LogP contribution in [0.5, 0.6) is 0 Å². The highest BCUT2D eigenvalue weighted by Gasteiger charge is 2.23. The van der Waals surface area contributed by atoms with Crippen molar-refractivity contribution in [2.45, 2.75) is 19.3 Å². The van der Waals surface area contributed by atoms with Crippen LogP contribution >= 0.6 is 0 Å². The summed E-state index contributed by atoms with van der Waals surface area (Å²) in [5, 5.41) is 0. The Kier molecular flexibility index (Phi) is 3.39. The molecule has 2 aromatic carbocycles. The van der Waals surface area contributed by atoms with Crippen molar-refractivity contribution in [3.63, 3.8) is 0 Å². The molecule has 0 bridgehead atoms. The van der Waals surface area contributed by atoms with E-state index in [0.29, 0.717) is 5.92 Å².